The standard InChI is InChI=1S/C26H23N3O5/c1-4-17-6-10-19(11-7-17)28-25(30)23(18-8-12-20(13-9-18)29(32)33)24(26(28)31)27-21-15-16(2)5-14-22(21)34-3/h5-15,27H,4H2,1-3H3. The van der Waals surface area contributed by atoms with Crippen molar-refractivity contribution in [1.82, 2.24) is 0 Å². The van der Waals surface area contributed by atoms with Gasteiger partial charge in [-0.25, -0.2) is 4.90 Å². The van der Waals surface area contributed by atoms with Gasteiger partial charge < -0.3 is 10.1 Å². The highest BCUT2D eigenvalue weighted by Crippen LogP contribution is 2.36. The van der Waals surface area contributed by atoms with E-state index in [0.29, 0.717) is 22.7 Å². The average molecular weight is 457 g/mol. The lowest BCUT2D eigenvalue weighted by atomic mass is 10.0. The molecule has 0 unspecified atom stereocenters. The first-order valence-corrected chi connectivity index (χ1v) is 10.7. The number of anilines is 2. The molecular formula is C26H23N3O5. The van der Waals surface area contributed by atoms with Crippen molar-refractivity contribution in [3.8, 4) is 5.75 Å². The molecule has 0 spiro atoms. The van der Waals surface area contributed by atoms with Gasteiger partial charge in [0.1, 0.15) is 11.4 Å². The molecular weight excluding hydrogens is 434 g/mol. The number of carbonyl (C=O) groups is 2. The number of imide groups is 1. The van der Waals surface area contributed by atoms with Crippen LogP contribution in [0.2, 0.25) is 0 Å². The Balaban J connectivity index is 1.83. The van der Waals surface area contributed by atoms with Crippen LogP contribution in [0.25, 0.3) is 5.57 Å². The zero-order valence-electron chi connectivity index (χ0n) is 19.0. The lowest BCUT2D eigenvalue weighted by Crippen LogP contribution is -2.32. The molecule has 0 aromatic heterocycles. The second-order valence-electron chi connectivity index (χ2n) is 7.85. The molecule has 0 atom stereocenters. The zero-order valence-corrected chi connectivity index (χ0v) is 19.0. The van der Waals surface area contributed by atoms with E-state index in [1.165, 1.54) is 31.4 Å². The lowest BCUT2D eigenvalue weighted by Gasteiger charge is -2.16. The number of hydrogen-bond donors (Lipinski definition) is 1. The monoisotopic (exact) mass is 457 g/mol. The molecule has 2 amide bonds. The van der Waals surface area contributed by atoms with Crippen LogP contribution in [0, 0.1) is 17.0 Å². The Kier molecular flexibility index (Phi) is 6.14. The van der Waals surface area contributed by atoms with Crippen LogP contribution in [-0.2, 0) is 16.0 Å². The van der Waals surface area contributed by atoms with E-state index in [4.69, 9.17) is 4.74 Å². The first kappa shape index (κ1) is 22.7. The third-order valence-electron chi connectivity index (χ3n) is 5.67. The number of benzene rings is 3. The van der Waals surface area contributed by atoms with Gasteiger partial charge in [-0.05, 0) is 66.4 Å². The van der Waals surface area contributed by atoms with Gasteiger partial charge in [-0.2, -0.15) is 0 Å². The predicted octanol–water partition coefficient (Wildman–Crippen LogP) is 4.87. The van der Waals surface area contributed by atoms with Crippen molar-refractivity contribution in [2.24, 2.45) is 0 Å². The minimum Gasteiger partial charge on any atom is -0.495 e. The second kappa shape index (κ2) is 9.19. The number of nitro groups is 1. The lowest BCUT2D eigenvalue weighted by molar-refractivity contribution is -0.384. The second-order valence-corrected chi connectivity index (χ2v) is 7.85. The molecule has 1 aliphatic heterocycles. The first-order chi connectivity index (χ1) is 16.3. The number of carbonyl (C=O) groups excluding carboxylic acids is 2. The molecule has 0 bridgehead atoms. The smallest absolute Gasteiger partial charge is 0.282 e. The molecule has 8 nitrogen and oxygen atoms in total. The fraction of sp³-hybridized carbons (Fsp3) is 0.154. The fourth-order valence-corrected chi connectivity index (χ4v) is 3.83. The summed E-state index contributed by atoms with van der Waals surface area (Å²) in [7, 11) is 1.52. The SMILES string of the molecule is CCc1ccc(N2C(=O)C(Nc3cc(C)ccc3OC)=C(c3ccc([N+](=O)[O-])cc3)C2=O)cc1. The number of aryl methyl sites for hydroxylation is 2. The molecule has 1 heterocycles. The molecule has 8 heteroatoms. The Morgan fingerprint density at radius 2 is 1.65 bits per heavy atom. The third kappa shape index (κ3) is 4.13. The first-order valence-electron chi connectivity index (χ1n) is 10.7. The number of nitrogens with one attached hydrogen (secondary N) is 1. The Bertz CT molecular complexity index is 1310. The van der Waals surface area contributed by atoms with Crippen LogP contribution < -0.4 is 15.0 Å². The predicted molar refractivity (Wildman–Crippen MR) is 130 cm³/mol. The van der Waals surface area contributed by atoms with E-state index in [2.05, 4.69) is 5.32 Å². The third-order valence-corrected chi connectivity index (χ3v) is 5.67. The number of nitro benzene ring substituents is 1. The highest BCUT2D eigenvalue weighted by atomic mass is 16.6. The van der Waals surface area contributed by atoms with E-state index in [-0.39, 0.29) is 17.0 Å². The van der Waals surface area contributed by atoms with Gasteiger partial charge >= 0.3 is 0 Å². The van der Waals surface area contributed by atoms with Gasteiger partial charge in [-0.15, -0.1) is 0 Å². The summed E-state index contributed by atoms with van der Waals surface area (Å²) in [5.41, 5.74) is 3.47. The summed E-state index contributed by atoms with van der Waals surface area (Å²) in [6, 6.07) is 18.2. The number of rotatable bonds is 7. The van der Waals surface area contributed by atoms with Crippen LogP contribution in [0.3, 0.4) is 0 Å². The number of ether oxygens (including phenoxy) is 1. The highest BCUT2D eigenvalue weighted by molar-refractivity contribution is 6.46. The van der Waals surface area contributed by atoms with Crippen LogP contribution in [0.15, 0.2) is 72.4 Å². The average Bonchev–Trinajstić information content (AvgIpc) is 3.08. The molecule has 0 aliphatic carbocycles. The fourth-order valence-electron chi connectivity index (χ4n) is 3.83. The number of methoxy groups -OCH3 is 1. The van der Waals surface area contributed by atoms with Crippen LogP contribution in [-0.4, -0.2) is 23.8 Å². The van der Waals surface area contributed by atoms with Gasteiger partial charge in [0, 0.05) is 12.1 Å². The largest absolute Gasteiger partial charge is 0.495 e. The van der Waals surface area contributed by atoms with Crippen molar-refractivity contribution in [2.45, 2.75) is 20.3 Å². The summed E-state index contributed by atoms with van der Waals surface area (Å²) in [6.07, 6.45) is 0.828. The van der Waals surface area contributed by atoms with Gasteiger partial charge in [-0.1, -0.05) is 25.1 Å². The van der Waals surface area contributed by atoms with Crippen LogP contribution in [0.4, 0.5) is 17.1 Å². The summed E-state index contributed by atoms with van der Waals surface area (Å²) < 4.78 is 5.42. The van der Waals surface area contributed by atoms with E-state index in [1.54, 1.807) is 18.2 Å². The summed E-state index contributed by atoms with van der Waals surface area (Å²) >= 11 is 0. The van der Waals surface area contributed by atoms with Gasteiger partial charge in [0.25, 0.3) is 17.5 Å². The quantitative estimate of drug-likeness (QED) is 0.309. The van der Waals surface area contributed by atoms with Crippen LogP contribution in [0.5, 0.6) is 5.75 Å². The normalized spacial score (nSPS) is 13.4. The number of non-ortho nitro benzene ring substituents is 1. The summed E-state index contributed by atoms with van der Waals surface area (Å²) in [6.45, 7) is 3.92. The highest BCUT2D eigenvalue weighted by Gasteiger charge is 2.40. The summed E-state index contributed by atoms with van der Waals surface area (Å²) in [5.74, 6) is -0.532. The Morgan fingerprint density at radius 1 is 0.971 bits per heavy atom. The summed E-state index contributed by atoms with van der Waals surface area (Å²) in [5, 5.41) is 14.2. The van der Waals surface area contributed by atoms with E-state index < -0.39 is 16.7 Å². The van der Waals surface area contributed by atoms with Crippen LogP contribution in [0.1, 0.15) is 23.6 Å². The molecule has 0 fully saturated rings. The molecule has 3 aromatic rings. The molecule has 4 rings (SSSR count). The van der Waals surface area contributed by atoms with Gasteiger partial charge in [0.15, 0.2) is 0 Å². The Morgan fingerprint density at radius 3 is 2.24 bits per heavy atom. The van der Waals surface area contributed by atoms with Gasteiger partial charge in [0.05, 0.1) is 29.0 Å². The topological polar surface area (TPSA) is 102 Å². The summed E-state index contributed by atoms with van der Waals surface area (Å²) in [4.78, 5) is 38.8. The van der Waals surface area contributed by atoms with E-state index in [9.17, 15) is 19.7 Å². The molecule has 34 heavy (non-hydrogen) atoms. The van der Waals surface area contributed by atoms with Crippen molar-refractivity contribution in [2.75, 3.05) is 17.3 Å². The van der Waals surface area contributed by atoms with Crippen molar-refractivity contribution >= 4 is 34.4 Å². The van der Waals surface area contributed by atoms with Crippen LogP contribution >= 0.6 is 0 Å². The minimum absolute atomic E-state index is 0.0716. The van der Waals surface area contributed by atoms with Crippen molar-refractivity contribution in [3.05, 3.63) is 99.2 Å². The Hall–Kier alpha value is -4.46. The Labute approximate surface area is 196 Å². The number of nitrogens with zero attached hydrogens (tertiary/aromatic N) is 2. The zero-order chi connectivity index (χ0) is 24.4. The maximum atomic E-state index is 13.6. The van der Waals surface area contributed by atoms with Crippen molar-refractivity contribution in [1.29, 1.82) is 0 Å². The number of amides is 2. The number of hydrogen-bond acceptors (Lipinski definition) is 6. The minimum atomic E-state index is -0.522. The molecule has 3 aromatic carbocycles. The molecule has 1 N–H and O–H groups in total. The molecule has 1 aliphatic rings. The van der Waals surface area contributed by atoms with Crippen molar-refractivity contribution < 1.29 is 19.2 Å². The maximum absolute atomic E-state index is 13.6. The molecule has 0 radical (unpaired) electrons. The van der Waals surface area contributed by atoms with E-state index in [0.717, 1.165) is 22.4 Å². The van der Waals surface area contributed by atoms with E-state index in [1.807, 2.05) is 38.1 Å². The van der Waals surface area contributed by atoms with E-state index >= 15 is 0 Å². The molecule has 0 saturated heterocycles. The van der Waals surface area contributed by atoms with Gasteiger partial charge in [-0.3, -0.25) is 19.7 Å². The maximum Gasteiger partial charge on any atom is 0.282 e. The van der Waals surface area contributed by atoms with Crippen molar-refractivity contribution in [3.63, 3.8) is 0 Å². The molecule has 172 valence electrons. The van der Waals surface area contributed by atoms with Gasteiger partial charge in [0.2, 0.25) is 0 Å². The molecule has 0 saturated carbocycles.